The zero-order chi connectivity index (χ0) is 12.8. The smallest absolute Gasteiger partial charge is 0.257 e. The first kappa shape index (κ1) is 13.6. The van der Waals surface area contributed by atoms with Gasteiger partial charge in [-0.05, 0) is 25.0 Å². The van der Waals surface area contributed by atoms with Crippen molar-refractivity contribution in [2.75, 3.05) is 6.61 Å². The minimum Gasteiger partial charge on any atom is -0.396 e. The first-order valence-corrected chi connectivity index (χ1v) is 5.45. The molecule has 0 aliphatic rings. The lowest BCUT2D eigenvalue weighted by Crippen LogP contribution is -2.36. The molecule has 0 saturated carbocycles. The zero-order valence-electron chi connectivity index (χ0n) is 9.54. The Morgan fingerprint density at radius 2 is 2.00 bits per heavy atom. The molecule has 17 heavy (non-hydrogen) atoms. The summed E-state index contributed by atoms with van der Waals surface area (Å²) in [6.45, 7) is 1.73. The summed E-state index contributed by atoms with van der Waals surface area (Å²) in [7, 11) is 0. The van der Waals surface area contributed by atoms with Gasteiger partial charge in [-0.2, -0.15) is 0 Å². The number of benzene rings is 1. The molecule has 1 aromatic carbocycles. The quantitative estimate of drug-likeness (QED) is 0.829. The summed E-state index contributed by atoms with van der Waals surface area (Å²) in [5.41, 5.74) is -0.580. The lowest BCUT2D eigenvalue weighted by atomic mass is 10.1. The average molecular weight is 243 g/mol. The Morgan fingerprint density at radius 1 is 1.41 bits per heavy atom. The third kappa shape index (κ3) is 3.49. The van der Waals surface area contributed by atoms with E-state index in [0.29, 0.717) is 12.8 Å². The molecule has 1 aromatic rings. The highest BCUT2D eigenvalue weighted by Gasteiger charge is 2.19. The fraction of sp³-hybridized carbons (Fsp3) is 0.417. The van der Waals surface area contributed by atoms with Crippen LogP contribution in [0.2, 0.25) is 0 Å². The Labute approximate surface area is 98.5 Å². The Balaban J connectivity index is 2.82. The van der Waals surface area contributed by atoms with Crippen LogP contribution in [0.15, 0.2) is 18.2 Å². The maximum atomic E-state index is 13.3. The predicted octanol–water partition coefficient (Wildman–Crippen LogP) is 1.86. The molecule has 94 valence electrons. The number of nitrogens with one attached hydrogen (secondary N) is 1. The Hall–Kier alpha value is -1.49. The molecule has 0 heterocycles. The number of rotatable bonds is 5. The van der Waals surface area contributed by atoms with Crippen LogP contribution in [0.4, 0.5) is 8.78 Å². The Bertz CT molecular complexity index is 376. The second-order valence-electron chi connectivity index (χ2n) is 3.69. The maximum Gasteiger partial charge on any atom is 0.257 e. The van der Waals surface area contributed by atoms with E-state index in [2.05, 4.69) is 5.32 Å². The van der Waals surface area contributed by atoms with Crippen LogP contribution in [-0.4, -0.2) is 23.7 Å². The molecule has 0 fully saturated rings. The first-order valence-electron chi connectivity index (χ1n) is 5.45. The van der Waals surface area contributed by atoms with Gasteiger partial charge in [0.05, 0.1) is 0 Å². The van der Waals surface area contributed by atoms with Gasteiger partial charge in [-0.1, -0.05) is 13.0 Å². The molecule has 1 atom stereocenters. The fourth-order valence-electron chi connectivity index (χ4n) is 1.51. The van der Waals surface area contributed by atoms with Crippen molar-refractivity contribution in [2.24, 2.45) is 0 Å². The third-order valence-corrected chi connectivity index (χ3v) is 2.50. The van der Waals surface area contributed by atoms with E-state index in [0.717, 1.165) is 12.1 Å². The molecule has 0 saturated heterocycles. The molecule has 0 aliphatic heterocycles. The van der Waals surface area contributed by atoms with Gasteiger partial charge in [0.25, 0.3) is 5.91 Å². The van der Waals surface area contributed by atoms with Crippen molar-refractivity contribution in [2.45, 2.75) is 25.8 Å². The molecule has 5 heteroatoms. The summed E-state index contributed by atoms with van der Waals surface area (Å²) in [4.78, 5) is 11.7. The molecule has 1 amide bonds. The number of halogens is 2. The van der Waals surface area contributed by atoms with Crippen molar-refractivity contribution < 1.29 is 18.7 Å². The van der Waals surface area contributed by atoms with Gasteiger partial charge in [-0.25, -0.2) is 8.78 Å². The van der Waals surface area contributed by atoms with Crippen molar-refractivity contribution in [3.8, 4) is 0 Å². The minimum atomic E-state index is -0.888. The van der Waals surface area contributed by atoms with E-state index in [-0.39, 0.29) is 12.6 Å². The zero-order valence-corrected chi connectivity index (χ0v) is 9.54. The molecule has 0 bridgehead atoms. The van der Waals surface area contributed by atoms with E-state index in [1.807, 2.05) is 6.92 Å². The lowest BCUT2D eigenvalue weighted by molar-refractivity contribution is 0.0920. The number of hydrogen-bond donors (Lipinski definition) is 2. The van der Waals surface area contributed by atoms with Crippen LogP contribution in [0, 0.1) is 11.6 Å². The van der Waals surface area contributed by atoms with Crippen LogP contribution >= 0.6 is 0 Å². The Kier molecular flexibility index (Phi) is 5.03. The van der Waals surface area contributed by atoms with Gasteiger partial charge in [-0.15, -0.1) is 0 Å². The first-order chi connectivity index (χ1) is 8.10. The number of hydrogen-bond acceptors (Lipinski definition) is 2. The molecule has 0 radical (unpaired) electrons. The standard InChI is InChI=1S/C12H15F2NO2/c1-2-8(6-7-16)15-12(17)11-9(13)4-3-5-10(11)14/h3-5,8,16H,2,6-7H2,1H3,(H,15,17). The van der Waals surface area contributed by atoms with Crippen LogP contribution < -0.4 is 5.32 Å². The summed E-state index contributed by atoms with van der Waals surface area (Å²) >= 11 is 0. The van der Waals surface area contributed by atoms with Gasteiger partial charge in [-0.3, -0.25) is 4.79 Å². The number of amides is 1. The highest BCUT2D eigenvalue weighted by Crippen LogP contribution is 2.12. The van der Waals surface area contributed by atoms with E-state index < -0.39 is 23.1 Å². The number of carbonyl (C=O) groups is 1. The van der Waals surface area contributed by atoms with Crippen LogP contribution in [-0.2, 0) is 0 Å². The third-order valence-electron chi connectivity index (χ3n) is 2.50. The van der Waals surface area contributed by atoms with Crippen LogP contribution in [0.1, 0.15) is 30.1 Å². The fourth-order valence-corrected chi connectivity index (χ4v) is 1.51. The van der Waals surface area contributed by atoms with Crippen molar-refractivity contribution in [1.29, 1.82) is 0 Å². The number of aliphatic hydroxyl groups excluding tert-OH is 1. The number of aliphatic hydroxyl groups is 1. The van der Waals surface area contributed by atoms with Crippen LogP contribution in [0.3, 0.4) is 0 Å². The van der Waals surface area contributed by atoms with Crippen molar-refractivity contribution in [3.63, 3.8) is 0 Å². The molecular formula is C12H15F2NO2. The van der Waals surface area contributed by atoms with Crippen LogP contribution in [0.5, 0.6) is 0 Å². The van der Waals surface area contributed by atoms with Crippen molar-refractivity contribution in [3.05, 3.63) is 35.4 Å². The minimum absolute atomic E-state index is 0.0848. The molecule has 0 aliphatic carbocycles. The summed E-state index contributed by atoms with van der Waals surface area (Å²) in [5.74, 6) is -2.57. The molecule has 0 spiro atoms. The van der Waals surface area contributed by atoms with Gasteiger partial charge < -0.3 is 10.4 Å². The second-order valence-corrected chi connectivity index (χ2v) is 3.69. The largest absolute Gasteiger partial charge is 0.396 e. The summed E-state index contributed by atoms with van der Waals surface area (Å²) in [6, 6.07) is 2.98. The van der Waals surface area contributed by atoms with E-state index >= 15 is 0 Å². The van der Waals surface area contributed by atoms with E-state index in [4.69, 9.17) is 5.11 Å². The normalized spacial score (nSPS) is 12.2. The average Bonchev–Trinajstić information content (AvgIpc) is 2.28. The molecule has 0 aromatic heterocycles. The highest BCUT2D eigenvalue weighted by atomic mass is 19.1. The van der Waals surface area contributed by atoms with Gasteiger partial charge in [0.1, 0.15) is 17.2 Å². The summed E-state index contributed by atoms with van der Waals surface area (Å²) < 4.78 is 26.6. The Morgan fingerprint density at radius 3 is 2.47 bits per heavy atom. The summed E-state index contributed by atoms with van der Waals surface area (Å²) in [5, 5.41) is 11.2. The van der Waals surface area contributed by atoms with Crippen LogP contribution in [0.25, 0.3) is 0 Å². The van der Waals surface area contributed by atoms with E-state index in [1.165, 1.54) is 6.07 Å². The molecule has 1 unspecified atom stereocenters. The van der Waals surface area contributed by atoms with Crippen molar-refractivity contribution in [1.82, 2.24) is 5.32 Å². The van der Waals surface area contributed by atoms with E-state index in [9.17, 15) is 13.6 Å². The molecule has 2 N–H and O–H groups in total. The molecule has 3 nitrogen and oxygen atoms in total. The van der Waals surface area contributed by atoms with E-state index in [1.54, 1.807) is 0 Å². The number of carbonyl (C=O) groups excluding carboxylic acids is 1. The lowest BCUT2D eigenvalue weighted by Gasteiger charge is -2.16. The van der Waals surface area contributed by atoms with Crippen molar-refractivity contribution >= 4 is 5.91 Å². The predicted molar refractivity (Wildman–Crippen MR) is 59.6 cm³/mol. The molecule has 1 rings (SSSR count). The van der Waals surface area contributed by atoms with Gasteiger partial charge >= 0.3 is 0 Å². The van der Waals surface area contributed by atoms with Gasteiger partial charge in [0.15, 0.2) is 0 Å². The summed E-state index contributed by atoms with van der Waals surface area (Å²) in [6.07, 6.45) is 0.945. The SMILES string of the molecule is CCC(CCO)NC(=O)c1c(F)cccc1F. The highest BCUT2D eigenvalue weighted by molar-refractivity contribution is 5.94. The topological polar surface area (TPSA) is 49.3 Å². The van der Waals surface area contributed by atoms with Gasteiger partial charge in [0, 0.05) is 12.6 Å². The maximum absolute atomic E-state index is 13.3. The second kappa shape index (κ2) is 6.30. The monoisotopic (exact) mass is 243 g/mol. The molecular weight excluding hydrogens is 228 g/mol. The van der Waals surface area contributed by atoms with Gasteiger partial charge in [0.2, 0.25) is 0 Å².